The molecule has 0 spiro atoms. The van der Waals surface area contributed by atoms with E-state index in [1.807, 2.05) is 44.2 Å². The normalized spacial score (nSPS) is 23.7. The van der Waals surface area contributed by atoms with Crippen LogP contribution in [-0.4, -0.2) is 35.4 Å². The summed E-state index contributed by atoms with van der Waals surface area (Å²) in [4.78, 5) is 23.2. The zero-order chi connectivity index (χ0) is 16.9. The van der Waals surface area contributed by atoms with Gasteiger partial charge in [0.1, 0.15) is 6.61 Å². The average Bonchev–Trinajstić information content (AvgIpc) is 2.89. The van der Waals surface area contributed by atoms with Crippen LogP contribution in [0.4, 0.5) is 4.79 Å². The summed E-state index contributed by atoms with van der Waals surface area (Å²) in [6.07, 6.45) is -0.402. The molecule has 1 saturated heterocycles. The van der Waals surface area contributed by atoms with E-state index in [1.165, 1.54) is 0 Å². The van der Waals surface area contributed by atoms with Crippen molar-refractivity contribution in [1.82, 2.24) is 5.32 Å². The van der Waals surface area contributed by atoms with Crippen molar-refractivity contribution in [3.63, 3.8) is 0 Å². The number of hydrogen-bond acceptors (Lipinski definition) is 4. The molecule has 1 heterocycles. The van der Waals surface area contributed by atoms with Crippen molar-refractivity contribution in [3.8, 4) is 0 Å². The third kappa shape index (κ3) is 4.96. The Morgan fingerprint density at radius 1 is 1.39 bits per heavy atom. The van der Waals surface area contributed by atoms with Crippen LogP contribution in [-0.2, 0) is 20.9 Å². The molecule has 2 N–H and O–H groups in total. The fourth-order valence-corrected chi connectivity index (χ4v) is 2.72. The van der Waals surface area contributed by atoms with Gasteiger partial charge in [0.15, 0.2) is 0 Å². The highest BCUT2D eigenvalue weighted by molar-refractivity contribution is 5.73. The standard InChI is InChI=1S/C17H23NO5/c1-12(2)14-8-17(11-23-14,9-15(19)20)18-16(21)22-10-13-6-4-3-5-7-13/h3-7,12,14H,8-11H2,1-2H3,(H,18,21)(H,19,20). The van der Waals surface area contributed by atoms with Crippen LogP contribution in [0.3, 0.4) is 0 Å². The first-order valence-corrected chi connectivity index (χ1v) is 7.72. The fourth-order valence-electron chi connectivity index (χ4n) is 2.72. The second kappa shape index (κ2) is 7.46. The molecule has 2 atom stereocenters. The van der Waals surface area contributed by atoms with Crippen LogP contribution in [0.1, 0.15) is 32.3 Å². The topological polar surface area (TPSA) is 84.9 Å². The van der Waals surface area contributed by atoms with Gasteiger partial charge in [0.2, 0.25) is 0 Å². The molecule has 6 nitrogen and oxygen atoms in total. The minimum atomic E-state index is -0.971. The molecule has 0 aliphatic carbocycles. The second-order valence-electron chi connectivity index (χ2n) is 6.34. The molecule has 126 valence electrons. The summed E-state index contributed by atoms with van der Waals surface area (Å²) in [6.45, 7) is 4.34. The molecule has 1 fully saturated rings. The minimum Gasteiger partial charge on any atom is -0.481 e. The maximum absolute atomic E-state index is 12.1. The molecule has 6 heteroatoms. The van der Waals surface area contributed by atoms with E-state index in [0.29, 0.717) is 6.42 Å². The molecule has 0 saturated carbocycles. The maximum Gasteiger partial charge on any atom is 0.407 e. The molecule has 1 aromatic rings. The number of hydrogen-bond donors (Lipinski definition) is 2. The summed E-state index contributed by atoms with van der Waals surface area (Å²) >= 11 is 0. The molecule has 2 unspecified atom stereocenters. The molecule has 0 aromatic heterocycles. The largest absolute Gasteiger partial charge is 0.481 e. The van der Waals surface area contributed by atoms with Gasteiger partial charge in [0, 0.05) is 0 Å². The van der Waals surface area contributed by atoms with Crippen molar-refractivity contribution in [2.75, 3.05) is 6.61 Å². The molecule has 0 bridgehead atoms. The maximum atomic E-state index is 12.1. The molecular weight excluding hydrogens is 298 g/mol. The van der Waals surface area contributed by atoms with Crippen LogP contribution in [0.2, 0.25) is 0 Å². The van der Waals surface area contributed by atoms with Gasteiger partial charge in [-0.1, -0.05) is 44.2 Å². The Bertz CT molecular complexity index is 545. The zero-order valence-corrected chi connectivity index (χ0v) is 13.5. The van der Waals surface area contributed by atoms with Gasteiger partial charge < -0.3 is 19.9 Å². The Morgan fingerprint density at radius 2 is 2.09 bits per heavy atom. The van der Waals surface area contributed by atoms with Gasteiger partial charge in [-0.25, -0.2) is 4.79 Å². The number of nitrogens with one attached hydrogen (secondary N) is 1. The SMILES string of the molecule is CC(C)C1CC(CC(=O)O)(NC(=O)OCc2ccccc2)CO1. The number of aliphatic carboxylic acids is 1. The highest BCUT2D eigenvalue weighted by Gasteiger charge is 2.44. The average molecular weight is 321 g/mol. The van der Waals surface area contributed by atoms with E-state index >= 15 is 0 Å². The lowest BCUT2D eigenvalue weighted by atomic mass is 9.89. The number of alkyl carbamates (subject to hydrolysis) is 1. The van der Waals surface area contributed by atoms with E-state index in [1.54, 1.807) is 0 Å². The Balaban J connectivity index is 1.95. The summed E-state index contributed by atoms with van der Waals surface area (Å²) in [5.74, 6) is -0.714. The summed E-state index contributed by atoms with van der Waals surface area (Å²) in [5.41, 5.74) is -0.0354. The fraction of sp³-hybridized carbons (Fsp3) is 0.529. The quantitative estimate of drug-likeness (QED) is 0.841. The van der Waals surface area contributed by atoms with Gasteiger partial charge in [0.05, 0.1) is 24.7 Å². The van der Waals surface area contributed by atoms with Crippen molar-refractivity contribution in [2.24, 2.45) is 5.92 Å². The number of benzene rings is 1. The Hall–Kier alpha value is -2.08. The minimum absolute atomic E-state index is 0.0660. The third-order valence-corrected chi connectivity index (χ3v) is 3.98. The molecule has 2 rings (SSSR count). The lowest BCUT2D eigenvalue weighted by molar-refractivity contribution is -0.138. The van der Waals surface area contributed by atoms with E-state index in [-0.39, 0.29) is 31.7 Å². The van der Waals surface area contributed by atoms with Crippen molar-refractivity contribution in [3.05, 3.63) is 35.9 Å². The van der Waals surface area contributed by atoms with Crippen LogP contribution in [0.25, 0.3) is 0 Å². The van der Waals surface area contributed by atoms with Crippen LogP contribution in [0.15, 0.2) is 30.3 Å². The number of carboxylic acid groups (broad SMARTS) is 1. The molecule has 0 radical (unpaired) electrons. The van der Waals surface area contributed by atoms with E-state index in [0.717, 1.165) is 5.56 Å². The van der Waals surface area contributed by atoms with Crippen molar-refractivity contribution < 1.29 is 24.2 Å². The molecule has 23 heavy (non-hydrogen) atoms. The first kappa shape index (κ1) is 17.3. The summed E-state index contributed by atoms with van der Waals surface area (Å²) in [7, 11) is 0. The van der Waals surface area contributed by atoms with Crippen molar-refractivity contribution in [1.29, 1.82) is 0 Å². The number of ether oxygens (including phenoxy) is 2. The lowest BCUT2D eigenvalue weighted by Gasteiger charge is -2.27. The van der Waals surface area contributed by atoms with Crippen LogP contribution >= 0.6 is 0 Å². The molecule has 1 aliphatic rings. The van der Waals surface area contributed by atoms with Gasteiger partial charge in [-0.3, -0.25) is 4.79 Å². The van der Waals surface area contributed by atoms with Crippen LogP contribution < -0.4 is 5.32 Å². The first-order chi connectivity index (χ1) is 10.9. The highest BCUT2D eigenvalue weighted by atomic mass is 16.6. The number of rotatable bonds is 6. The van der Waals surface area contributed by atoms with E-state index in [2.05, 4.69) is 5.32 Å². The molecule has 1 aliphatic heterocycles. The van der Waals surface area contributed by atoms with Crippen LogP contribution in [0.5, 0.6) is 0 Å². The van der Waals surface area contributed by atoms with E-state index < -0.39 is 17.6 Å². The third-order valence-electron chi connectivity index (χ3n) is 3.98. The summed E-state index contributed by atoms with van der Waals surface area (Å²) < 4.78 is 10.9. The van der Waals surface area contributed by atoms with Crippen LogP contribution in [0, 0.1) is 5.92 Å². The number of amides is 1. The molecule has 1 aromatic carbocycles. The van der Waals surface area contributed by atoms with Crippen molar-refractivity contribution >= 4 is 12.1 Å². The zero-order valence-electron chi connectivity index (χ0n) is 13.5. The predicted octanol–water partition coefficient (Wildman–Crippen LogP) is 2.57. The van der Waals surface area contributed by atoms with Gasteiger partial charge >= 0.3 is 12.1 Å². The Morgan fingerprint density at radius 3 is 2.65 bits per heavy atom. The Kier molecular flexibility index (Phi) is 5.60. The van der Waals surface area contributed by atoms with Gasteiger partial charge in [-0.05, 0) is 17.9 Å². The lowest BCUT2D eigenvalue weighted by Crippen LogP contribution is -2.51. The van der Waals surface area contributed by atoms with E-state index in [9.17, 15) is 9.59 Å². The molecular formula is C17H23NO5. The molecule has 1 amide bonds. The predicted molar refractivity (Wildman–Crippen MR) is 83.9 cm³/mol. The van der Waals surface area contributed by atoms with Gasteiger partial charge in [0.25, 0.3) is 0 Å². The monoisotopic (exact) mass is 321 g/mol. The summed E-state index contributed by atoms with van der Waals surface area (Å²) in [6, 6.07) is 9.32. The van der Waals surface area contributed by atoms with Gasteiger partial charge in [-0.2, -0.15) is 0 Å². The first-order valence-electron chi connectivity index (χ1n) is 7.72. The smallest absolute Gasteiger partial charge is 0.407 e. The summed E-state index contributed by atoms with van der Waals surface area (Å²) in [5, 5.41) is 11.8. The second-order valence-corrected chi connectivity index (χ2v) is 6.34. The number of carboxylic acids is 1. The number of carbonyl (C=O) groups is 2. The Labute approximate surface area is 135 Å². The van der Waals surface area contributed by atoms with E-state index in [4.69, 9.17) is 14.6 Å². The van der Waals surface area contributed by atoms with Gasteiger partial charge in [-0.15, -0.1) is 0 Å². The highest BCUT2D eigenvalue weighted by Crippen LogP contribution is 2.31. The number of carbonyl (C=O) groups excluding carboxylic acids is 1. The van der Waals surface area contributed by atoms with Crippen molar-refractivity contribution in [2.45, 2.75) is 44.9 Å².